The zero-order chi connectivity index (χ0) is 40.7. The number of benzene rings is 7. The molecule has 0 aliphatic carbocycles. The van der Waals surface area contributed by atoms with Crippen LogP contribution in [-0.2, 0) is 0 Å². The van der Waals surface area contributed by atoms with Crippen LogP contribution < -0.4 is 4.90 Å². The predicted molar refractivity (Wildman–Crippen MR) is 243 cm³/mol. The Labute approximate surface area is 341 Å². The van der Waals surface area contributed by atoms with Crippen LogP contribution in [0.4, 0.5) is 5.69 Å². The molecule has 0 saturated heterocycles. The van der Waals surface area contributed by atoms with Gasteiger partial charge in [0.1, 0.15) is 0 Å². The van der Waals surface area contributed by atoms with Crippen molar-refractivity contribution >= 4 is 39.3 Å². The molecule has 0 fully saturated rings. The molecule has 7 aromatic carbocycles. The minimum absolute atomic E-state index is 0.328. The Morgan fingerprint density at radius 1 is 0.517 bits per heavy atom. The number of nitrogens with zero attached hydrogens (tertiary/aromatic N) is 2. The van der Waals surface area contributed by atoms with E-state index in [0.29, 0.717) is 22.5 Å². The van der Waals surface area contributed by atoms with Crippen molar-refractivity contribution in [3.8, 4) is 39.1 Å². The van der Waals surface area contributed by atoms with E-state index in [1.807, 2.05) is 104 Å². The summed E-state index contributed by atoms with van der Waals surface area (Å²) in [5.74, 6) is -0.662. The third kappa shape index (κ3) is 6.77. The van der Waals surface area contributed by atoms with Crippen LogP contribution in [0.2, 0.25) is 0 Å². The Morgan fingerprint density at radius 3 is 1.66 bits per heavy atom. The molecule has 4 heteroatoms. The highest BCUT2D eigenvalue weighted by molar-refractivity contribution is 6.37. The Morgan fingerprint density at radius 2 is 1.07 bits per heavy atom. The summed E-state index contributed by atoms with van der Waals surface area (Å²) in [5, 5.41) is 2.18. The van der Waals surface area contributed by atoms with E-state index < -0.39 is 0 Å². The number of imide groups is 1. The van der Waals surface area contributed by atoms with Crippen molar-refractivity contribution in [2.24, 2.45) is 0 Å². The van der Waals surface area contributed by atoms with Crippen molar-refractivity contribution in [2.75, 3.05) is 4.90 Å². The average Bonchev–Trinajstić information content (AvgIpc) is 3.67. The first-order valence-corrected chi connectivity index (χ1v) is 19.7. The van der Waals surface area contributed by atoms with E-state index >= 15 is 0 Å². The summed E-state index contributed by atoms with van der Waals surface area (Å²) in [6.07, 6.45) is 2.06. The maximum atomic E-state index is 15.0. The van der Waals surface area contributed by atoms with Crippen LogP contribution in [0.25, 0.3) is 60.9 Å². The molecule has 2 heterocycles. The maximum absolute atomic E-state index is 15.0. The van der Waals surface area contributed by atoms with E-state index in [2.05, 4.69) is 100 Å². The highest BCUT2D eigenvalue weighted by Crippen LogP contribution is 2.45. The van der Waals surface area contributed by atoms with Crippen LogP contribution in [0.1, 0.15) is 58.2 Å². The zero-order valence-corrected chi connectivity index (χ0v) is 33.9. The lowest BCUT2D eigenvalue weighted by molar-refractivity contribution is 0.0926. The molecule has 0 radical (unpaired) electrons. The average molecular weight is 755 g/mol. The minimum atomic E-state index is -0.334. The number of anilines is 1. The fraction of sp³-hybridized carbons (Fsp3) is 0.111. The number of carbonyl (C=O) groups is 2. The first-order chi connectivity index (χ1) is 28.0. The fourth-order valence-corrected chi connectivity index (χ4v) is 8.66. The van der Waals surface area contributed by atoms with E-state index in [0.717, 1.165) is 55.2 Å². The largest absolute Gasteiger partial charge is 0.308 e. The van der Waals surface area contributed by atoms with Crippen LogP contribution in [0.3, 0.4) is 0 Å². The molecule has 2 amide bonds. The third-order valence-corrected chi connectivity index (χ3v) is 10.7. The number of allylic oxidation sites excluding steroid dienone is 3. The van der Waals surface area contributed by atoms with Crippen molar-refractivity contribution in [1.29, 1.82) is 0 Å². The van der Waals surface area contributed by atoms with Gasteiger partial charge in [0.2, 0.25) is 0 Å². The number of fused-ring (bicyclic) bond motifs is 4. The number of amides is 2. The fourth-order valence-electron chi connectivity index (χ4n) is 8.66. The lowest BCUT2D eigenvalue weighted by Gasteiger charge is -2.23. The van der Waals surface area contributed by atoms with E-state index in [4.69, 9.17) is 0 Å². The summed E-state index contributed by atoms with van der Waals surface area (Å²) in [7, 11) is 0. The summed E-state index contributed by atoms with van der Waals surface area (Å²) in [4.78, 5) is 31.0. The topological polar surface area (TPSA) is 42.3 Å². The maximum Gasteiger partial charge on any atom is 0.268 e. The Kier molecular flexibility index (Phi) is 10.1. The van der Waals surface area contributed by atoms with Crippen LogP contribution in [0.15, 0.2) is 175 Å². The van der Waals surface area contributed by atoms with Crippen LogP contribution in [-0.4, -0.2) is 16.4 Å². The summed E-state index contributed by atoms with van der Waals surface area (Å²) < 4.78 is 2.15. The molecular formula is C54H46N2O2. The molecule has 0 atom stereocenters. The van der Waals surface area contributed by atoms with Crippen molar-refractivity contribution in [3.05, 3.63) is 203 Å². The lowest BCUT2D eigenvalue weighted by Crippen LogP contribution is -2.30. The molecule has 284 valence electrons. The van der Waals surface area contributed by atoms with Gasteiger partial charge in [-0.25, -0.2) is 4.90 Å². The SMILES string of the molecule is C=C(C)C=C(C)C.Cc1cc(C)c(-c2ccc3c(c2)c2ccccc2n3-c2cccc3c2C(=O)N(c2c(-c4ccccc4)cccc2-c2ccccc2)C3=O)c(C)c1. The number of rotatable bonds is 6. The van der Waals surface area contributed by atoms with Crippen molar-refractivity contribution in [3.63, 3.8) is 0 Å². The molecule has 0 N–H and O–H groups in total. The second kappa shape index (κ2) is 15.5. The van der Waals surface area contributed by atoms with E-state index in [1.165, 1.54) is 32.7 Å². The molecular weight excluding hydrogens is 709 g/mol. The monoisotopic (exact) mass is 754 g/mol. The first-order valence-electron chi connectivity index (χ1n) is 19.7. The summed E-state index contributed by atoms with van der Waals surface area (Å²) in [5.41, 5.74) is 16.1. The number of aryl methyl sites for hydroxylation is 3. The Hall–Kier alpha value is -7.04. The van der Waals surface area contributed by atoms with Gasteiger partial charge < -0.3 is 4.57 Å². The van der Waals surface area contributed by atoms with Gasteiger partial charge in [0.05, 0.1) is 33.5 Å². The minimum Gasteiger partial charge on any atom is -0.308 e. The molecule has 1 aliphatic rings. The predicted octanol–water partition coefficient (Wildman–Crippen LogP) is 14.0. The number of hydrogen-bond donors (Lipinski definition) is 0. The van der Waals surface area contributed by atoms with Crippen molar-refractivity contribution < 1.29 is 9.59 Å². The van der Waals surface area contributed by atoms with Gasteiger partial charge in [-0.15, -0.1) is 0 Å². The molecule has 0 unspecified atom stereocenters. The third-order valence-electron chi connectivity index (χ3n) is 10.7. The molecule has 0 bridgehead atoms. The van der Waals surface area contributed by atoms with Crippen LogP contribution in [0, 0.1) is 20.8 Å². The molecule has 58 heavy (non-hydrogen) atoms. The normalized spacial score (nSPS) is 12.1. The summed E-state index contributed by atoms with van der Waals surface area (Å²) >= 11 is 0. The highest BCUT2D eigenvalue weighted by atomic mass is 16.2. The molecule has 8 aromatic rings. The standard InChI is InChI=1S/C47H34N2O2.C7H12/c1-29-26-30(2)43(31(3)27-29)34-24-25-41-39(28-34)37-18-10-11-22-40(37)48(41)42-23-13-21-38-44(42)47(51)49(46(38)50)45-35(32-14-6-4-7-15-32)19-12-20-36(45)33-16-8-5-9-17-33;1-6(2)5-7(3)4/h4-28H,1-3H3;5H,1H2,2-4H3. The summed E-state index contributed by atoms with van der Waals surface area (Å²) in [6, 6.07) is 50.9. The van der Waals surface area contributed by atoms with Gasteiger partial charge in [0.15, 0.2) is 0 Å². The summed E-state index contributed by atoms with van der Waals surface area (Å²) in [6.45, 7) is 16.3. The van der Waals surface area contributed by atoms with Gasteiger partial charge in [-0.05, 0) is 105 Å². The molecule has 0 saturated carbocycles. The van der Waals surface area contributed by atoms with Gasteiger partial charge in [-0.1, -0.05) is 151 Å². The zero-order valence-electron chi connectivity index (χ0n) is 33.9. The van der Waals surface area contributed by atoms with Gasteiger partial charge >= 0.3 is 0 Å². The van der Waals surface area contributed by atoms with Gasteiger partial charge in [-0.2, -0.15) is 0 Å². The molecule has 4 nitrogen and oxygen atoms in total. The van der Waals surface area contributed by atoms with Gasteiger partial charge in [0, 0.05) is 21.9 Å². The van der Waals surface area contributed by atoms with Gasteiger partial charge in [0.25, 0.3) is 11.8 Å². The highest BCUT2D eigenvalue weighted by Gasteiger charge is 2.41. The Balaban J connectivity index is 0.000000617. The van der Waals surface area contributed by atoms with E-state index in [1.54, 1.807) is 6.07 Å². The lowest BCUT2D eigenvalue weighted by atomic mass is 9.93. The molecule has 1 aliphatic heterocycles. The van der Waals surface area contributed by atoms with Crippen molar-refractivity contribution in [1.82, 2.24) is 4.57 Å². The number of aromatic nitrogens is 1. The van der Waals surface area contributed by atoms with Crippen LogP contribution in [0.5, 0.6) is 0 Å². The molecule has 1 aromatic heterocycles. The van der Waals surface area contributed by atoms with Crippen molar-refractivity contribution in [2.45, 2.75) is 41.5 Å². The Bertz CT molecular complexity index is 2860. The second-order valence-corrected chi connectivity index (χ2v) is 15.5. The van der Waals surface area contributed by atoms with Gasteiger partial charge in [-0.3, -0.25) is 9.59 Å². The van der Waals surface area contributed by atoms with E-state index in [9.17, 15) is 9.59 Å². The first kappa shape index (κ1) is 37.9. The van der Waals surface area contributed by atoms with Crippen LogP contribution >= 0.6 is 0 Å². The smallest absolute Gasteiger partial charge is 0.268 e. The number of para-hydroxylation sites is 2. The second-order valence-electron chi connectivity index (χ2n) is 15.5. The quantitative estimate of drug-likeness (QED) is 0.125. The number of hydrogen-bond acceptors (Lipinski definition) is 2. The molecule has 0 spiro atoms. The number of carbonyl (C=O) groups excluding carboxylic acids is 2. The molecule has 9 rings (SSSR count). The van der Waals surface area contributed by atoms with E-state index in [-0.39, 0.29) is 11.8 Å².